The zero-order valence-electron chi connectivity index (χ0n) is 28.1. The summed E-state index contributed by atoms with van der Waals surface area (Å²) in [5.41, 5.74) is -2.28. The lowest BCUT2D eigenvalue weighted by atomic mass is 9.85. The molecule has 2 aromatic carbocycles. The number of carboxylic acid groups (broad SMARTS) is 1. The van der Waals surface area contributed by atoms with Crippen molar-refractivity contribution in [3.05, 3.63) is 60.7 Å². The number of ether oxygens (including phenoxy) is 2. The van der Waals surface area contributed by atoms with E-state index in [1.807, 2.05) is 49.4 Å². The van der Waals surface area contributed by atoms with Gasteiger partial charge in [-0.25, -0.2) is 14.4 Å². The van der Waals surface area contributed by atoms with E-state index in [1.165, 1.54) is 11.0 Å². The van der Waals surface area contributed by atoms with Crippen molar-refractivity contribution in [2.24, 2.45) is 11.3 Å². The minimum Gasteiger partial charge on any atom is -0.479 e. The molecule has 254 valence electrons. The molecule has 0 bridgehead atoms. The van der Waals surface area contributed by atoms with Crippen LogP contribution in [0.25, 0.3) is 10.8 Å². The number of amides is 4. The number of nitrogens with one attached hydrogen (secondary N) is 3. The molecule has 0 radical (unpaired) electrons. The van der Waals surface area contributed by atoms with Gasteiger partial charge in [-0.05, 0) is 55.9 Å². The molecular formula is C35H46N4O8. The molecule has 47 heavy (non-hydrogen) atoms. The Morgan fingerprint density at radius 2 is 1.66 bits per heavy atom. The summed E-state index contributed by atoms with van der Waals surface area (Å²) in [5.74, 6) is -2.98. The highest BCUT2D eigenvalue weighted by molar-refractivity contribution is 5.96. The highest BCUT2D eigenvalue weighted by atomic mass is 16.6. The number of hydrogen-bond donors (Lipinski definition) is 4. The smallest absolute Gasteiger partial charge is 0.408 e. The Morgan fingerprint density at radius 1 is 1.00 bits per heavy atom. The van der Waals surface area contributed by atoms with Gasteiger partial charge in [0.1, 0.15) is 29.3 Å². The Hall–Kier alpha value is -4.61. The van der Waals surface area contributed by atoms with Gasteiger partial charge in [0.25, 0.3) is 0 Å². The Kier molecular flexibility index (Phi) is 9.94. The number of nitrogens with zero attached hydrogens (tertiary/aromatic N) is 1. The van der Waals surface area contributed by atoms with Gasteiger partial charge in [0.2, 0.25) is 11.8 Å². The summed E-state index contributed by atoms with van der Waals surface area (Å²) < 4.78 is 11.2. The van der Waals surface area contributed by atoms with E-state index in [9.17, 15) is 29.1 Å². The Morgan fingerprint density at radius 3 is 2.26 bits per heavy atom. The summed E-state index contributed by atoms with van der Waals surface area (Å²) in [7, 11) is 0. The molecule has 4 rings (SSSR count). The lowest BCUT2D eigenvalue weighted by Crippen LogP contribution is -2.59. The third-order valence-electron chi connectivity index (χ3n) is 8.55. The summed E-state index contributed by atoms with van der Waals surface area (Å²) in [4.78, 5) is 67.1. The van der Waals surface area contributed by atoms with Crippen LogP contribution in [0.2, 0.25) is 0 Å². The van der Waals surface area contributed by atoms with Crippen molar-refractivity contribution >= 4 is 40.7 Å². The SMILES string of the molecule is C=CC1CC1(NC(=O)[C@@H]1C[C@@H](OC(=O)NC(C)c2cccc3ccccc23)CN1C(=O)[C@@H](NC(=O)OC(C)(C)C)C(C)(C)C)C(=O)O. The van der Waals surface area contributed by atoms with Crippen molar-refractivity contribution in [2.75, 3.05) is 6.54 Å². The molecule has 1 heterocycles. The van der Waals surface area contributed by atoms with Crippen molar-refractivity contribution in [1.82, 2.24) is 20.9 Å². The van der Waals surface area contributed by atoms with Crippen LogP contribution < -0.4 is 16.0 Å². The second-order valence-electron chi connectivity index (χ2n) is 14.5. The van der Waals surface area contributed by atoms with E-state index in [4.69, 9.17) is 9.47 Å². The maximum Gasteiger partial charge on any atom is 0.408 e. The Balaban J connectivity index is 1.55. The molecule has 2 fully saturated rings. The number of alkyl carbamates (subject to hydrolysis) is 2. The molecule has 1 aliphatic heterocycles. The minimum atomic E-state index is -1.53. The average molecular weight is 651 g/mol. The molecule has 2 aliphatic rings. The molecule has 3 unspecified atom stereocenters. The first-order chi connectivity index (χ1) is 21.9. The number of carbonyl (C=O) groups excluding carboxylic acids is 4. The molecule has 12 nitrogen and oxygen atoms in total. The lowest BCUT2D eigenvalue weighted by molar-refractivity contribution is -0.146. The van der Waals surface area contributed by atoms with Crippen LogP contribution in [0.15, 0.2) is 55.1 Å². The van der Waals surface area contributed by atoms with E-state index in [-0.39, 0.29) is 19.4 Å². The van der Waals surface area contributed by atoms with Crippen LogP contribution in [0, 0.1) is 11.3 Å². The first-order valence-electron chi connectivity index (χ1n) is 15.8. The van der Waals surface area contributed by atoms with E-state index >= 15 is 0 Å². The van der Waals surface area contributed by atoms with Crippen LogP contribution in [-0.2, 0) is 23.9 Å². The lowest BCUT2D eigenvalue weighted by Gasteiger charge is -2.35. The van der Waals surface area contributed by atoms with Gasteiger partial charge in [0, 0.05) is 12.3 Å². The average Bonchev–Trinajstić information content (AvgIpc) is 3.53. The topological polar surface area (TPSA) is 163 Å². The third kappa shape index (κ3) is 8.04. The standard InChI is InChI=1S/C35H46N4O8/c1-9-22-18-35(22,30(42)43)38-28(40)26-17-23(19-39(26)29(41)27(33(3,4)5)37-32(45)47-34(6,7)8)46-31(44)36-20(2)24-16-12-14-21-13-10-11-15-25(21)24/h9-16,20,22-23,26-27H,1,17-19H2,2-8H3,(H,36,44)(H,37,45)(H,38,40)(H,42,43)/t20?,22?,23-,26+,27-,35?/m1/s1. The van der Waals surface area contributed by atoms with E-state index < -0.39 is 76.7 Å². The van der Waals surface area contributed by atoms with E-state index in [1.54, 1.807) is 41.5 Å². The predicted molar refractivity (Wildman–Crippen MR) is 175 cm³/mol. The normalized spacial score (nSPS) is 23.6. The van der Waals surface area contributed by atoms with Crippen molar-refractivity contribution in [3.8, 4) is 0 Å². The number of carboxylic acids is 1. The molecule has 4 amide bonds. The Labute approximate surface area is 275 Å². The van der Waals surface area contributed by atoms with Crippen LogP contribution >= 0.6 is 0 Å². The number of benzene rings is 2. The zero-order chi connectivity index (χ0) is 34.9. The second kappa shape index (κ2) is 13.2. The monoisotopic (exact) mass is 650 g/mol. The van der Waals surface area contributed by atoms with Crippen molar-refractivity contribution in [1.29, 1.82) is 0 Å². The molecule has 6 atom stereocenters. The maximum absolute atomic E-state index is 14.1. The van der Waals surface area contributed by atoms with Gasteiger partial charge >= 0.3 is 18.2 Å². The minimum absolute atomic E-state index is 0.0780. The van der Waals surface area contributed by atoms with E-state index in [0.29, 0.717) is 0 Å². The van der Waals surface area contributed by atoms with Gasteiger partial charge in [0.05, 0.1) is 12.6 Å². The highest BCUT2D eigenvalue weighted by Crippen LogP contribution is 2.45. The largest absolute Gasteiger partial charge is 0.479 e. The highest BCUT2D eigenvalue weighted by Gasteiger charge is 2.61. The molecule has 0 aromatic heterocycles. The fraction of sp³-hybridized carbons (Fsp3) is 0.514. The molecule has 12 heteroatoms. The number of hydrogen-bond acceptors (Lipinski definition) is 7. The van der Waals surface area contributed by atoms with Gasteiger partial charge < -0.3 is 35.4 Å². The van der Waals surface area contributed by atoms with Crippen LogP contribution in [0.1, 0.15) is 72.9 Å². The number of carbonyl (C=O) groups is 5. The van der Waals surface area contributed by atoms with E-state index in [0.717, 1.165) is 16.3 Å². The van der Waals surface area contributed by atoms with Crippen LogP contribution in [0.5, 0.6) is 0 Å². The van der Waals surface area contributed by atoms with Crippen LogP contribution in [-0.4, -0.2) is 75.8 Å². The van der Waals surface area contributed by atoms with Crippen molar-refractivity contribution in [2.45, 2.75) is 96.7 Å². The first-order valence-corrected chi connectivity index (χ1v) is 15.8. The number of aliphatic carboxylic acids is 1. The molecular weight excluding hydrogens is 604 g/mol. The van der Waals surface area contributed by atoms with Gasteiger partial charge in [-0.15, -0.1) is 6.58 Å². The quantitative estimate of drug-likeness (QED) is 0.284. The molecule has 0 spiro atoms. The van der Waals surface area contributed by atoms with Gasteiger partial charge in [-0.1, -0.05) is 69.3 Å². The van der Waals surface area contributed by atoms with Crippen LogP contribution in [0.4, 0.5) is 9.59 Å². The summed E-state index contributed by atoms with van der Waals surface area (Å²) >= 11 is 0. The summed E-state index contributed by atoms with van der Waals surface area (Å²) in [6.45, 7) is 15.7. The van der Waals surface area contributed by atoms with Gasteiger partial charge in [-0.3, -0.25) is 9.59 Å². The molecule has 2 aromatic rings. The summed E-state index contributed by atoms with van der Waals surface area (Å²) in [6.07, 6.45) is -0.884. The summed E-state index contributed by atoms with van der Waals surface area (Å²) in [6, 6.07) is 10.9. The molecule has 1 aliphatic carbocycles. The van der Waals surface area contributed by atoms with Crippen molar-refractivity contribution in [3.63, 3.8) is 0 Å². The zero-order valence-corrected chi connectivity index (χ0v) is 28.1. The van der Waals surface area contributed by atoms with Gasteiger partial charge in [-0.2, -0.15) is 0 Å². The summed E-state index contributed by atoms with van der Waals surface area (Å²) in [5, 5.41) is 20.0. The molecule has 4 N–H and O–H groups in total. The number of rotatable bonds is 9. The number of fused-ring (bicyclic) bond motifs is 1. The molecule has 1 saturated heterocycles. The van der Waals surface area contributed by atoms with Gasteiger partial charge in [0.15, 0.2) is 0 Å². The van der Waals surface area contributed by atoms with E-state index in [2.05, 4.69) is 22.5 Å². The molecule has 1 saturated carbocycles. The maximum atomic E-state index is 14.1. The fourth-order valence-corrected chi connectivity index (χ4v) is 6.00. The Bertz CT molecular complexity index is 1560. The van der Waals surface area contributed by atoms with Crippen molar-refractivity contribution < 1.29 is 38.6 Å². The van der Waals surface area contributed by atoms with Crippen LogP contribution in [0.3, 0.4) is 0 Å². The number of likely N-dealkylation sites (tertiary alicyclic amines) is 1. The second-order valence-corrected chi connectivity index (χ2v) is 14.5. The predicted octanol–water partition coefficient (Wildman–Crippen LogP) is 4.68. The fourth-order valence-electron chi connectivity index (χ4n) is 6.00. The first kappa shape index (κ1) is 35.2. The third-order valence-corrected chi connectivity index (χ3v) is 8.55.